The summed E-state index contributed by atoms with van der Waals surface area (Å²) in [4.78, 5) is 2.20. The predicted molar refractivity (Wildman–Crippen MR) is 67.0 cm³/mol. The zero-order chi connectivity index (χ0) is 11.4. The van der Waals surface area contributed by atoms with E-state index in [1.807, 2.05) is 19.1 Å². The normalized spacial score (nSPS) is 21.0. The quantitative estimate of drug-likeness (QED) is 0.848. The maximum absolute atomic E-state index is 5.59. The fourth-order valence-corrected chi connectivity index (χ4v) is 2.26. The average Bonchev–Trinajstić information content (AvgIpc) is 2.74. The number of nitrogens with one attached hydrogen (secondary N) is 1. The van der Waals surface area contributed by atoms with Crippen molar-refractivity contribution in [2.24, 2.45) is 0 Å². The van der Waals surface area contributed by atoms with E-state index >= 15 is 0 Å². The molecule has 1 N–H and O–H groups in total. The molecule has 1 atom stereocenters. The van der Waals surface area contributed by atoms with Crippen molar-refractivity contribution < 1.29 is 4.42 Å². The van der Waals surface area contributed by atoms with Crippen LogP contribution in [0.1, 0.15) is 31.4 Å². The second-order valence-electron chi connectivity index (χ2n) is 4.74. The van der Waals surface area contributed by atoms with E-state index < -0.39 is 0 Å². The van der Waals surface area contributed by atoms with Crippen molar-refractivity contribution in [1.82, 2.24) is 5.32 Å². The molecule has 16 heavy (non-hydrogen) atoms. The minimum absolute atomic E-state index is 0.701. The van der Waals surface area contributed by atoms with Gasteiger partial charge in [0.25, 0.3) is 0 Å². The van der Waals surface area contributed by atoms with Crippen LogP contribution in [0.25, 0.3) is 0 Å². The highest BCUT2D eigenvalue weighted by Gasteiger charge is 2.13. The largest absolute Gasteiger partial charge is 0.446 e. The van der Waals surface area contributed by atoms with Crippen molar-refractivity contribution in [3.8, 4) is 0 Å². The van der Waals surface area contributed by atoms with Crippen molar-refractivity contribution in [2.75, 3.05) is 25.0 Å². The molecule has 1 fully saturated rings. The highest BCUT2D eigenvalue weighted by Crippen LogP contribution is 2.18. The van der Waals surface area contributed by atoms with Crippen LogP contribution in [0.15, 0.2) is 16.5 Å². The Labute approximate surface area is 97.8 Å². The first kappa shape index (κ1) is 11.5. The van der Waals surface area contributed by atoms with Gasteiger partial charge < -0.3 is 14.6 Å². The molecular weight excluding hydrogens is 200 g/mol. The molecule has 90 valence electrons. The molecule has 2 heterocycles. The van der Waals surface area contributed by atoms with Crippen LogP contribution in [0.3, 0.4) is 0 Å². The third-order valence-electron chi connectivity index (χ3n) is 3.33. The van der Waals surface area contributed by atoms with Crippen LogP contribution in [-0.4, -0.2) is 26.2 Å². The molecule has 0 aromatic carbocycles. The lowest BCUT2D eigenvalue weighted by Crippen LogP contribution is -2.36. The molecule has 3 nitrogen and oxygen atoms in total. The Hall–Kier alpha value is -0.960. The average molecular weight is 222 g/mol. The number of aryl methyl sites for hydroxylation is 1. The predicted octanol–water partition coefficient (Wildman–Crippen LogP) is 2.56. The van der Waals surface area contributed by atoms with Gasteiger partial charge in [0.2, 0.25) is 0 Å². The van der Waals surface area contributed by atoms with E-state index in [4.69, 9.17) is 4.42 Å². The van der Waals surface area contributed by atoms with Gasteiger partial charge in [-0.15, -0.1) is 0 Å². The molecule has 0 spiro atoms. The molecule has 1 aromatic rings. The van der Waals surface area contributed by atoms with Gasteiger partial charge in [0.15, 0.2) is 5.88 Å². The lowest BCUT2D eigenvalue weighted by atomic mass is 10.0. The lowest BCUT2D eigenvalue weighted by molar-refractivity contribution is 0.382. The van der Waals surface area contributed by atoms with Gasteiger partial charge in [0.05, 0.1) is 0 Å². The van der Waals surface area contributed by atoms with Gasteiger partial charge in [-0.05, 0) is 38.8 Å². The van der Waals surface area contributed by atoms with E-state index in [2.05, 4.69) is 17.3 Å². The van der Waals surface area contributed by atoms with Crippen LogP contribution in [0.5, 0.6) is 0 Å². The summed E-state index contributed by atoms with van der Waals surface area (Å²) in [5, 5.41) is 3.57. The fourth-order valence-electron chi connectivity index (χ4n) is 2.26. The molecule has 1 aliphatic rings. The zero-order valence-electron chi connectivity index (χ0n) is 10.3. The second kappa shape index (κ2) is 5.39. The maximum atomic E-state index is 5.59. The molecule has 1 saturated heterocycles. The van der Waals surface area contributed by atoms with E-state index in [1.54, 1.807) is 0 Å². The first-order valence-electron chi connectivity index (χ1n) is 6.26. The minimum atomic E-state index is 0.701. The molecule has 1 aliphatic heterocycles. The van der Waals surface area contributed by atoms with Crippen molar-refractivity contribution in [1.29, 1.82) is 0 Å². The number of hydrogen-bond donors (Lipinski definition) is 1. The summed E-state index contributed by atoms with van der Waals surface area (Å²) in [7, 11) is 2.10. The molecule has 1 aromatic heterocycles. The highest BCUT2D eigenvalue weighted by molar-refractivity contribution is 5.34. The van der Waals surface area contributed by atoms with Crippen molar-refractivity contribution >= 4 is 5.88 Å². The number of hydrogen-bond acceptors (Lipinski definition) is 3. The molecule has 0 amide bonds. The summed E-state index contributed by atoms with van der Waals surface area (Å²) >= 11 is 0. The second-order valence-corrected chi connectivity index (χ2v) is 4.74. The van der Waals surface area contributed by atoms with E-state index in [-0.39, 0.29) is 0 Å². The van der Waals surface area contributed by atoms with Crippen LogP contribution in [-0.2, 0) is 0 Å². The van der Waals surface area contributed by atoms with Crippen molar-refractivity contribution in [3.05, 3.63) is 17.9 Å². The molecule has 0 radical (unpaired) electrons. The topological polar surface area (TPSA) is 28.4 Å². The van der Waals surface area contributed by atoms with Gasteiger partial charge in [-0.25, -0.2) is 0 Å². The van der Waals surface area contributed by atoms with E-state index in [1.165, 1.54) is 32.2 Å². The van der Waals surface area contributed by atoms with E-state index in [0.29, 0.717) is 6.04 Å². The van der Waals surface area contributed by atoms with Crippen LogP contribution in [0, 0.1) is 6.92 Å². The number of rotatable bonds is 4. The number of anilines is 1. The summed E-state index contributed by atoms with van der Waals surface area (Å²) in [6.07, 6.45) is 5.24. The Morgan fingerprint density at radius 2 is 2.31 bits per heavy atom. The van der Waals surface area contributed by atoms with Crippen LogP contribution in [0.4, 0.5) is 5.88 Å². The molecule has 2 rings (SSSR count). The monoisotopic (exact) mass is 222 g/mol. The number of nitrogens with zero attached hydrogens (tertiary/aromatic N) is 1. The van der Waals surface area contributed by atoms with Gasteiger partial charge in [0, 0.05) is 25.7 Å². The van der Waals surface area contributed by atoms with Gasteiger partial charge in [-0.2, -0.15) is 0 Å². The molecule has 0 bridgehead atoms. The van der Waals surface area contributed by atoms with E-state index in [9.17, 15) is 0 Å². The Morgan fingerprint density at radius 1 is 1.44 bits per heavy atom. The van der Waals surface area contributed by atoms with Gasteiger partial charge in [-0.3, -0.25) is 0 Å². The summed E-state index contributed by atoms with van der Waals surface area (Å²) in [5.74, 6) is 1.96. The Balaban J connectivity index is 1.76. The minimum Gasteiger partial charge on any atom is -0.446 e. The smallest absolute Gasteiger partial charge is 0.195 e. The number of piperidine rings is 1. The van der Waals surface area contributed by atoms with Gasteiger partial charge >= 0.3 is 0 Å². The molecule has 0 saturated carbocycles. The molecular formula is C13H22N2O. The Kier molecular flexibility index (Phi) is 3.88. The Bertz CT molecular complexity index is 315. The SMILES string of the molecule is Cc1ccc(N(C)CCC2CCCCN2)o1. The van der Waals surface area contributed by atoms with Crippen molar-refractivity contribution in [3.63, 3.8) is 0 Å². The Morgan fingerprint density at radius 3 is 2.94 bits per heavy atom. The lowest BCUT2D eigenvalue weighted by Gasteiger charge is -2.25. The van der Waals surface area contributed by atoms with Gasteiger partial charge in [0.1, 0.15) is 5.76 Å². The van der Waals surface area contributed by atoms with E-state index in [0.717, 1.165) is 18.2 Å². The highest BCUT2D eigenvalue weighted by atomic mass is 16.4. The standard InChI is InChI=1S/C13H22N2O/c1-11-6-7-13(16-11)15(2)10-8-12-5-3-4-9-14-12/h6-7,12,14H,3-5,8-10H2,1-2H3. The number of furan rings is 1. The molecule has 3 heteroatoms. The third-order valence-corrected chi connectivity index (χ3v) is 3.33. The van der Waals surface area contributed by atoms with Gasteiger partial charge in [-0.1, -0.05) is 6.42 Å². The van der Waals surface area contributed by atoms with Crippen LogP contribution >= 0.6 is 0 Å². The summed E-state index contributed by atoms with van der Waals surface area (Å²) in [5.41, 5.74) is 0. The first-order valence-corrected chi connectivity index (χ1v) is 6.26. The van der Waals surface area contributed by atoms with Crippen LogP contribution in [0.2, 0.25) is 0 Å². The molecule has 0 aliphatic carbocycles. The third kappa shape index (κ3) is 3.01. The van der Waals surface area contributed by atoms with Crippen LogP contribution < -0.4 is 10.2 Å². The summed E-state index contributed by atoms with van der Waals surface area (Å²) in [6.45, 7) is 4.24. The fraction of sp³-hybridized carbons (Fsp3) is 0.692. The van der Waals surface area contributed by atoms with Crippen molar-refractivity contribution in [2.45, 2.75) is 38.6 Å². The summed E-state index contributed by atoms with van der Waals surface area (Å²) < 4.78 is 5.59. The molecule has 1 unspecified atom stereocenters. The first-order chi connectivity index (χ1) is 7.75. The summed E-state index contributed by atoms with van der Waals surface area (Å²) in [6, 6.07) is 4.76. The maximum Gasteiger partial charge on any atom is 0.195 e. The zero-order valence-corrected chi connectivity index (χ0v) is 10.3.